The predicted octanol–water partition coefficient (Wildman–Crippen LogP) is 4.12. The third kappa shape index (κ3) is 2.70. The van der Waals surface area contributed by atoms with Gasteiger partial charge in [0.2, 0.25) is 0 Å². The molecule has 14 heavy (non-hydrogen) atoms. The first-order valence-electron chi connectivity index (χ1n) is 5.57. The monoisotopic (exact) mass is 212 g/mol. The van der Waals surface area contributed by atoms with Gasteiger partial charge in [0.15, 0.2) is 8.32 Å². The molecule has 1 aliphatic rings. The average molecular weight is 212 g/mol. The molecule has 2 heteroatoms. The largest absolute Gasteiger partial charge is 0.411 e. The lowest BCUT2D eigenvalue weighted by Gasteiger charge is -2.38. The van der Waals surface area contributed by atoms with E-state index in [-0.39, 0.29) is 0 Å². The van der Waals surface area contributed by atoms with E-state index in [1.807, 2.05) is 0 Å². The highest BCUT2D eigenvalue weighted by molar-refractivity contribution is 6.74. The predicted molar refractivity (Wildman–Crippen MR) is 65.1 cm³/mol. The quantitative estimate of drug-likeness (QED) is 0.494. The molecule has 0 amide bonds. The van der Waals surface area contributed by atoms with E-state index in [4.69, 9.17) is 4.43 Å². The zero-order chi connectivity index (χ0) is 11.0. The first kappa shape index (κ1) is 12.0. The van der Waals surface area contributed by atoms with Crippen LogP contribution in [0.25, 0.3) is 0 Å². The van der Waals surface area contributed by atoms with Gasteiger partial charge in [-0.1, -0.05) is 32.4 Å². The van der Waals surface area contributed by atoms with Gasteiger partial charge in [0, 0.05) is 0 Å². The second-order valence-corrected chi connectivity index (χ2v) is 10.7. The maximum Gasteiger partial charge on any atom is 0.192 e. The molecular formula is C12H24OSi. The van der Waals surface area contributed by atoms with Crippen molar-refractivity contribution in [3.63, 3.8) is 0 Å². The molecule has 0 spiro atoms. The SMILES string of the molecule is CC1=CC(O[Si](C)(C)C(C)(C)C)CC1. The van der Waals surface area contributed by atoms with Crippen molar-refractivity contribution < 1.29 is 4.43 Å². The molecule has 0 fully saturated rings. The minimum absolute atomic E-state index is 0.331. The second-order valence-electron chi connectivity index (χ2n) is 5.97. The third-order valence-electron chi connectivity index (χ3n) is 3.55. The van der Waals surface area contributed by atoms with Crippen LogP contribution in [0.2, 0.25) is 18.1 Å². The van der Waals surface area contributed by atoms with Gasteiger partial charge in [-0.2, -0.15) is 0 Å². The van der Waals surface area contributed by atoms with Gasteiger partial charge in [0.1, 0.15) is 0 Å². The summed E-state index contributed by atoms with van der Waals surface area (Å²) in [6.07, 6.45) is 5.12. The van der Waals surface area contributed by atoms with E-state index in [1.165, 1.54) is 18.4 Å². The normalized spacial score (nSPS) is 23.9. The van der Waals surface area contributed by atoms with Crippen LogP contribution in [0.15, 0.2) is 11.6 Å². The molecule has 0 radical (unpaired) electrons. The molecule has 1 unspecified atom stereocenters. The Kier molecular flexibility index (Phi) is 3.27. The van der Waals surface area contributed by atoms with Crippen molar-refractivity contribution >= 4 is 8.32 Å². The highest BCUT2D eigenvalue weighted by Gasteiger charge is 2.39. The van der Waals surface area contributed by atoms with Crippen molar-refractivity contribution in [3.05, 3.63) is 11.6 Å². The van der Waals surface area contributed by atoms with Gasteiger partial charge in [0.05, 0.1) is 6.10 Å². The van der Waals surface area contributed by atoms with Crippen molar-refractivity contribution in [1.82, 2.24) is 0 Å². The van der Waals surface area contributed by atoms with Crippen LogP contribution in [0.5, 0.6) is 0 Å². The van der Waals surface area contributed by atoms with Crippen LogP contribution in [-0.4, -0.2) is 14.4 Å². The van der Waals surface area contributed by atoms with Crippen molar-refractivity contribution in [3.8, 4) is 0 Å². The van der Waals surface area contributed by atoms with E-state index in [9.17, 15) is 0 Å². The van der Waals surface area contributed by atoms with Crippen LogP contribution in [0.1, 0.15) is 40.5 Å². The van der Waals surface area contributed by atoms with Crippen LogP contribution in [0.4, 0.5) is 0 Å². The summed E-state index contributed by atoms with van der Waals surface area (Å²) in [6.45, 7) is 13.7. The Hall–Kier alpha value is -0.0831. The van der Waals surface area contributed by atoms with Gasteiger partial charge < -0.3 is 4.43 Å². The van der Waals surface area contributed by atoms with Gasteiger partial charge in [0.25, 0.3) is 0 Å². The number of hydrogen-bond acceptors (Lipinski definition) is 1. The van der Waals surface area contributed by atoms with Gasteiger partial charge >= 0.3 is 0 Å². The Labute approximate surface area is 89.7 Å². The summed E-state index contributed by atoms with van der Waals surface area (Å²) in [5.41, 5.74) is 1.49. The van der Waals surface area contributed by atoms with Crippen molar-refractivity contribution in [2.45, 2.75) is 64.8 Å². The van der Waals surface area contributed by atoms with E-state index >= 15 is 0 Å². The van der Waals surface area contributed by atoms with Crippen molar-refractivity contribution in [2.75, 3.05) is 0 Å². The molecule has 0 aromatic carbocycles. The fourth-order valence-electron chi connectivity index (χ4n) is 1.50. The number of allylic oxidation sites excluding steroid dienone is 1. The zero-order valence-corrected chi connectivity index (χ0v) is 11.5. The minimum Gasteiger partial charge on any atom is -0.411 e. The van der Waals surface area contributed by atoms with Crippen LogP contribution in [0.3, 0.4) is 0 Å². The molecular weight excluding hydrogens is 188 g/mol. The van der Waals surface area contributed by atoms with Crippen LogP contribution in [-0.2, 0) is 4.43 Å². The zero-order valence-electron chi connectivity index (χ0n) is 10.5. The molecule has 0 saturated carbocycles. The van der Waals surface area contributed by atoms with E-state index < -0.39 is 8.32 Å². The van der Waals surface area contributed by atoms with Gasteiger partial charge in [-0.15, -0.1) is 0 Å². The molecule has 82 valence electrons. The van der Waals surface area contributed by atoms with Crippen LogP contribution in [0, 0.1) is 0 Å². The summed E-state index contributed by atoms with van der Waals surface area (Å²) in [7, 11) is -1.54. The smallest absolute Gasteiger partial charge is 0.192 e. The highest BCUT2D eigenvalue weighted by Crippen LogP contribution is 2.38. The Bertz CT molecular complexity index is 235. The van der Waals surface area contributed by atoms with Crippen molar-refractivity contribution in [2.24, 2.45) is 0 Å². The summed E-state index contributed by atoms with van der Waals surface area (Å²) < 4.78 is 6.30. The van der Waals surface area contributed by atoms with E-state index in [0.717, 1.165) is 0 Å². The van der Waals surface area contributed by atoms with E-state index in [2.05, 4.69) is 46.9 Å². The van der Waals surface area contributed by atoms with Gasteiger partial charge in [-0.05, 0) is 37.9 Å². The van der Waals surface area contributed by atoms with E-state index in [1.54, 1.807) is 0 Å². The molecule has 0 saturated heterocycles. The topological polar surface area (TPSA) is 9.23 Å². The average Bonchev–Trinajstić information content (AvgIpc) is 2.31. The van der Waals surface area contributed by atoms with Crippen molar-refractivity contribution in [1.29, 1.82) is 0 Å². The summed E-state index contributed by atoms with van der Waals surface area (Å²) in [5.74, 6) is 0. The molecule has 1 aliphatic carbocycles. The standard InChI is InChI=1S/C12H24OSi/c1-10-7-8-11(9-10)13-14(5,6)12(2,3)4/h9,11H,7-8H2,1-6H3. The summed E-state index contributed by atoms with van der Waals surface area (Å²) in [4.78, 5) is 0. The van der Waals surface area contributed by atoms with E-state index in [0.29, 0.717) is 11.1 Å². The first-order valence-corrected chi connectivity index (χ1v) is 8.48. The first-order chi connectivity index (χ1) is 6.22. The van der Waals surface area contributed by atoms with Gasteiger partial charge in [-0.25, -0.2) is 0 Å². The number of hydrogen-bond donors (Lipinski definition) is 0. The minimum atomic E-state index is -1.54. The Morgan fingerprint density at radius 1 is 1.36 bits per heavy atom. The lowest BCUT2D eigenvalue weighted by Crippen LogP contribution is -2.43. The fourth-order valence-corrected chi connectivity index (χ4v) is 2.80. The summed E-state index contributed by atoms with van der Waals surface area (Å²) >= 11 is 0. The Balaban J connectivity index is 2.60. The molecule has 0 aromatic heterocycles. The third-order valence-corrected chi connectivity index (χ3v) is 8.05. The van der Waals surface area contributed by atoms with Crippen LogP contribution >= 0.6 is 0 Å². The molecule has 0 bridgehead atoms. The maximum atomic E-state index is 6.30. The molecule has 1 atom stereocenters. The lowest BCUT2D eigenvalue weighted by atomic mass is 10.2. The van der Waals surface area contributed by atoms with Gasteiger partial charge in [-0.3, -0.25) is 0 Å². The molecule has 1 rings (SSSR count). The molecule has 0 N–H and O–H groups in total. The summed E-state index contributed by atoms with van der Waals surface area (Å²) in [5, 5.41) is 0.331. The Morgan fingerprint density at radius 3 is 2.29 bits per heavy atom. The second kappa shape index (κ2) is 3.82. The molecule has 0 heterocycles. The molecule has 0 aliphatic heterocycles. The van der Waals surface area contributed by atoms with Crippen LogP contribution < -0.4 is 0 Å². The molecule has 1 nitrogen and oxygen atoms in total. The molecule has 0 aromatic rings. The number of rotatable bonds is 2. The fraction of sp³-hybridized carbons (Fsp3) is 0.833. The summed E-state index contributed by atoms with van der Waals surface area (Å²) in [6, 6.07) is 0. The maximum absolute atomic E-state index is 6.30. The lowest BCUT2D eigenvalue weighted by molar-refractivity contribution is 0.224. The highest BCUT2D eigenvalue weighted by atomic mass is 28.4. The Morgan fingerprint density at radius 2 is 1.93 bits per heavy atom.